The van der Waals surface area contributed by atoms with Crippen LogP contribution >= 0.6 is 0 Å². The molecule has 6 heteroatoms. The van der Waals surface area contributed by atoms with Gasteiger partial charge in [-0.3, -0.25) is 0 Å². The third-order valence-electron chi connectivity index (χ3n) is 13.3. The molecule has 0 radical (unpaired) electrons. The van der Waals surface area contributed by atoms with Gasteiger partial charge in [0.1, 0.15) is 0 Å². The smallest absolute Gasteiger partial charge is 0.333 e. The van der Waals surface area contributed by atoms with Gasteiger partial charge in [-0.1, -0.05) is 97.1 Å². The van der Waals surface area contributed by atoms with Crippen LogP contribution in [0.5, 0.6) is 0 Å². The molecule has 244 valence electrons. The fourth-order valence-electron chi connectivity index (χ4n) is 11.5. The molecule has 0 aliphatic carbocycles. The predicted octanol–water partition coefficient (Wildman–Crippen LogP) is 9.05. The average Bonchev–Trinajstić information content (AvgIpc) is 3.81. The number of aromatic nitrogens is 2. The number of rotatable bonds is 2. The van der Waals surface area contributed by atoms with Gasteiger partial charge in [0.15, 0.2) is 0 Å². The van der Waals surface area contributed by atoms with Gasteiger partial charge in [-0.25, -0.2) is 0 Å². The summed E-state index contributed by atoms with van der Waals surface area (Å²) in [7, 11) is 0. The van der Waals surface area contributed by atoms with Crippen LogP contribution in [0.1, 0.15) is 0 Å². The number of fused-ring (bicyclic) bond motifs is 6. The zero-order valence-corrected chi connectivity index (χ0v) is 29.0. The Kier molecular flexibility index (Phi) is 4.38. The van der Waals surface area contributed by atoms with Gasteiger partial charge in [-0.05, 0) is 110 Å². The van der Waals surface area contributed by atoms with Crippen LogP contribution in [0.25, 0.3) is 65.7 Å². The Morgan fingerprint density at radius 3 is 1.87 bits per heavy atom. The van der Waals surface area contributed by atoms with Gasteiger partial charge < -0.3 is 18.8 Å². The topological polar surface area (TPSA) is 16.3 Å². The summed E-state index contributed by atoms with van der Waals surface area (Å²) in [5.41, 5.74) is 22.6. The molecule has 5 aliphatic rings. The average molecular weight is 680 g/mol. The van der Waals surface area contributed by atoms with E-state index in [1.54, 1.807) is 0 Å². The molecule has 7 heterocycles. The van der Waals surface area contributed by atoms with Crippen molar-refractivity contribution in [1.82, 2.24) is 8.96 Å². The summed E-state index contributed by atoms with van der Waals surface area (Å²) in [6.07, 6.45) is 2.37. The molecule has 0 fully saturated rings. The maximum Gasteiger partial charge on any atom is 0.333 e. The number of hydrogen-bond donors (Lipinski definition) is 0. The first-order chi connectivity index (χ1) is 26.8. The minimum absolute atomic E-state index is 0.0271. The quantitative estimate of drug-likeness (QED) is 0.170. The first kappa shape index (κ1) is 26.8. The lowest BCUT2D eigenvalue weighted by atomic mass is 9.38. The molecule has 4 nitrogen and oxygen atoms in total. The summed E-state index contributed by atoms with van der Waals surface area (Å²) in [6.45, 7) is 0.0934. The zero-order valence-electron chi connectivity index (χ0n) is 29.0. The van der Waals surface area contributed by atoms with E-state index in [0.717, 1.165) is 0 Å². The van der Waals surface area contributed by atoms with E-state index in [-0.39, 0.29) is 13.7 Å². The van der Waals surface area contributed by atoms with Gasteiger partial charge in [0, 0.05) is 72.6 Å². The van der Waals surface area contributed by atoms with Crippen molar-refractivity contribution < 1.29 is 0 Å². The van der Waals surface area contributed by atoms with Crippen LogP contribution < -0.4 is 31.7 Å². The summed E-state index contributed by atoms with van der Waals surface area (Å²) in [5, 5.41) is 6.55. The maximum absolute atomic E-state index is 2.75. The highest BCUT2D eigenvalue weighted by Gasteiger charge is 2.52. The zero-order chi connectivity index (χ0) is 34.6. The normalized spacial score (nSPS) is 14.5. The minimum Gasteiger partial charge on any atom is -0.382 e. The highest BCUT2D eigenvalue weighted by atomic mass is 15.2. The Balaban J connectivity index is 1.22. The highest BCUT2D eigenvalue weighted by molar-refractivity contribution is 6.95. The van der Waals surface area contributed by atoms with Crippen molar-refractivity contribution in [2.24, 2.45) is 0 Å². The Morgan fingerprint density at radius 2 is 1.07 bits per heavy atom. The Labute approximate surface area is 310 Å². The van der Waals surface area contributed by atoms with Gasteiger partial charge >= 0.3 is 13.7 Å². The van der Waals surface area contributed by atoms with E-state index < -0.39 is 0 Å². The lowest BCUT2D eigenvalue weighted by molar-refractivity contribution is 1.20. The van der Waals surface area contributed by atoms with Gasteiger partial charge in [0.25, 0.3) is 0 Å². The maximum atomic E-state index is 2.75. The van der Waals surface area contributed by atoms with Crippen LogP contribution in [-0.4, -0.2) is 22.7 Å². The number of anilines is 6. The number of hydrogen-bond acceptors (Lipinski definition) is 2. The summed E-state index contributed by atoms with van der Waals surface area (Å²) >= 11 is 0. The van der Waals surface area contributed by atoms with E-state index in [1.807, 2.05) is 0 Å². The third-order valence-corrected chi connectivity index (χ3v) is 13.3. The third kappa shape index (κ3) is 2.79. The van der Waals surface area contributed by atoms with Gasteiger partial charge in [0.2, 0.25) is 0 Å². The van der Waals surface area contributed by atoms with Crippen LogP contribution in [0.2, 0.25) is 0 Å². The summed E-state index contributed by atoms with van der Waals surface area (Å²) in [6, 6.07) is 57.2. The number of benzene rings is 8. The van der Waals surface area contributed by atoms with E-state index in [4.69, 9.17) is 0 Å². The van der Waals surface area contributed by atoms with Crippen molar-refractivity contribution in [3.8, 4) is 22.3 Å². The number of nitrogens with zero attached hydrogens (tertiary/aromatic N) is 4. The molecule has 8 aromatic carbocycles. The summed E-state index contributed by atoms with van der Waals surface area (Å²) < 4.78 is 5.36. The molecule has 0 bridgehead atoms. The van der Waals surface area contributed by atoms with E-state index >= 15 is 0 Å². The molecule has 5 aliphatic heterocycles. The molecule has 2 aromatic heterocycles. The molecular formula is C48H26B2N4. The highest BCUT2D eigenvalue weighted by Crippen LogP contribution is 2.54. The lowest BCUT2D eigenvalue weighted by Gasteiger charge is -2.48. The summed E-state index contributed by atoms with van der Waals surface area (Å²) in [4.78, 5) is 5.13. The molecule has 10 aromatic rings. The van der Waals surface area contributed by atoms with Gasteiger partial charge in [-0.2, -0.15) is 0 Å². The molecule has 15 rings (SSSR count). The van der Waals surface area contributed by atoms with E-state index in [1.165, 1.54) is 122 Å². The Bertz CT molecular complexity index is 3420. The van der Waals surface area contributed by atoms with Crippen molar-refractivity contribution in [2.45, 2.75) is 0 Å². The number of para-hydroxylation sites is 3. The first-order valence-corrected chi connectivity index (χ1v) is 19.0. The largest absolute Gasteiger partial charge is 0.382 e. The van der Waals surface area contributed by atoms with Crippen molar-refractivity contribution in [3.05, 3.63) is 158 Å². The van der Waals surface area contributed by atoms with E-state index in [2.05, 4.69) is 177 Å². The second-order valence-electron chi connectivity index (χ2n) is 15.6. The molecular weight excluding hydrogens is 654 g/mol. The predicted molar refractivity (Wildman–Crippen MR) is 227 cm³/mol. The van der Waals surface area contributed by atoms with Crippen LogP contribution in [0.15, 0.2) is 158 Å². The standard InChI is InChI=1S/C48H26B2N4/c1-3-13-30(14-4-1)52-37-20-10-17-32-33-18-9-19-34-35-23-29-21-22-51-46(29)42-41-44-39(26-40(52)45(41)50(43(32)37)54(47(33)34)48(35)42)53(31-15-5-2-6-16-31)38-25-28-12-8-7-11-27(28)24-36(38)49(44)51/h1-26H. The van der Waals surface area contributed by atoms with E-state index in [0.29, 0.717) is 0 Å². The second kappa shape index (κ2) is 8.82. The molecule has 0 unspecified atom stereocenters. The SMILES string of the molecule is c1ccc(N2c3cc4ccccc4cc3B3c4c2cc2c5c4-c4c6c(ccn63)cc3c6cccc7c6n(c43)B5c3c-7cccc3N2c2ccccc2)cc1. The molecule has 54 heavy (non-hydrogen) atoms. The van der Waals surface area contributed by atoms with Crippen molar-refractivity contribution in [3.63, 3.8) is 0 Å². The molecule has 0 N–H and O–H groups in total. The van der Waals surface area contributed by atoms with Crippen molar-refractivity contribution in [1.29, 1.82) is 0 Å². The molecule has 0 spiro atoms. The van der Waals surface area contributed by atoms with Crippen LogP contribution in [0.4, 0.5) is 34.1 Å². The summed E-state index contributed by atoms with van der Waals surface area (Å²) in [5.74, 6) is 0. The van der Waals surface area contributed by atoms with Crippen LogP contribution in [0, 0.1) is 0 Å². The minimum atomic E-state index is 0.0271. The monoisotopic (exact) mass is 680 g/mol. The Hall–Kier alpha value is -6.91. The fourth-order valence-corrected chi connectivity index (χ4v) is 11.5. The first-order valence-electron chi connectivity index (χ1n) is 19.0. The molecule has 0 amide bonds. The van der Waals surface area contributed by atoms with Crippen molar-refractivity contribution >= 4 is 113 Å². The lowest BCUT2D eigenvalue weighted by Crippen LogP contribution is -2.64. The van der Waals surface area contributed by atoms with Gasteiger partial charge in [-0.15, -0.1) is 0 Å². The van der Waals surface area contributed by atoms with Gasteiger partial charge in [0.05, 0.1) is 0 Å². The van der Waals surface area contributed by atoms with Crippen LogP contribution in [-0.2, 0) is 0 Å². The molecule has 0 atom stereocenters. The van der Waals surface area contributed by atoms with Crippen molar-refractivity contribution in [2.75, 3.05) is 9.80 Å². The second-order valence-corrected chi connectivity index (χ2v) is 15.6. The molecule has 0 saturated heterocycles. The fraction of sp³-hybridized carbons (Fsp3) is 0. The van der Waals surface area contributed by atoms with E-state index in [9.17, 15) is 0 Å². The Morgan fingerprint density at radius 1 is 0.389 bits per heavy atom. The van der Waals surface area contributed by atoms with Crippen LogP contribution in [0.3, 0.4) is 0 Å². The molecule has 0 saturated carbocycles.